The van der Waals surface area contributed by atoms with Gasteiger partial charge in [-0.15, -0.1) is 0 Å². The third-order valence-electron chi connectivity index (χ3n) is 6.19. The van der Waals surface area contributed by atoms with Crippen LogP contribution in [0.15, 0.2) is 83.1 Å². The summed E-state index contributed by atoms with van der Waals surface area (Å²) in [6.07, 6.45) is 3.36. The molecular formula is C29H33ClN3OS+. The minimum absolute atomic E-state index is 0.0480. The molecule has 35 heavy (non-hydrogen) atoms. The van der Waals surface area contributed by atoms with Crippen molar-refractivity contribution >= 4 is 40.7 Å². The van der Waals surface area contributed by atoms with Crippen LogP contribution in [0.2, 0.25) is 5.02 Å². The molecule has 0 aromatic heterocycles. The first kappa shape index (κ1) is 25.4. The van der Waals surface area contributed by atoms with E-state index in [-0.39, 0.29) is 5.91 Å². The molecule has 3 aromatic carbocycles. The first-order chi connectivity index (χ1) is 17.0. The van der Waals surface area contributed by atoms with Crippen LogP contribution in [0.3, 0.4) is 0 Å². The number of quaternary nitrogens is 1. The summed E-state index contributed by atoms with van der Waals surface area (Å²) < 4.78 is 0. The maximum absolute atomic E-state index is 12.9. The number of nitrogens with one attached hydrogen (secondary N) is 3. The third-order valence-corrected chi connectivity index (χ3v) is 7.57. The molecule has 1 aliphatic heterocycles. The Bertz CT molecular complexity index is 1180. The fraction of sp³-hybridized carbons (Fsp3) is 0.276. The van der Waals surface area contributed by atoms with Gasteiger partial charge in [0.2, 0.25) is 0 Å². The predicted molar refractivity (Wildman–Crippen MR) is 147 cm³/mol. The highest BCUT2D eigenvalue weighted by molar-refractivity contribution is 7.99. The first-order valence-electron chi connectivity index (χ1n) is 12.3. The number of hydrogen-bond acceptors (Lipinski definition) is 3. The van der Waals surface area contributed by atoms with E-state index in [0.29, 0.717) is 17.1 Å². The lowest BCUT2D eigenvalue weighted by Gasteiger charge is -2.19. The van der Waals surface area contributed by atoms with Crippen LogP contribution in [-0.2, 0) is 6.54 Å². The number of amides is 1. The van der Waals surface area contributed by atoms with E-state index >= 15 is 0 Å². The van der Waals surface area contributed by atoms with E-state index in [2.05, 4.69) is 54.5 Å². The molecule has 1 atom stereocenters. The van der Waals surface area contributed by atoms with Gasteiger partial charge in [0.05, 0.1) is 18.8 Å². The van der Waals surface area contributed by atoms with Crippen LogP contribution in [0.5, 0.6) is 0 Å². The van der Waals surface area contributed by atoms with Crippen LogP contribution < -0.4 is 15.5 Å². The number of halogens is 1. The molecule has 0 saturated heterocycles. The number of carbonyl (C=O) groups excluding carboxylic acids is 1. The van der Waals surface area contributed by atoms with Crippen LogP contribution in [0, 0.1) is 0 Å². The van der Waals surface area contributed by atoms with Crippen LogP contribution in [0.25, 0.3) is 5.70 Å². The quantitative estimate of drug-likeness (QED) is 0.300. The highest BCUT2D eigenvalue weighted by Gasteiger charge is 2.18. The molecule has 1 amide bonds. The first-order valence-corrected chi connectivity index (χ1v) is 13.5. The normalized spacial score (nSPS) is 13.3. The van der Waals surface area contributed by atoms with Gasteiger partial charge in [0, 0.05) is 50.2 Å². The van der Waals surface area contributed by atoms with Crippen molar-refractivity contribution in [3.05, 3.63) is 95.0 Å². The second-order valence-corrected chi connectivity index (χ2v) is 10.5. The summed E-state index contributed by atoms with van der Waals surface area (Å²) in [7, 11) is 0. The van der Waals surface area contributed by atoms with Crippen LogP contribution in [0.1, 0.15) is 47.7 Å². The van der Waals surface area contributed by atoms with Crippen molar-refractivity contribution in [3.8, 4) is 0 Å². The molecule has 0 spiro atoms. The Kier molecular flexibility index (Phi) is 8.91. The molecule has 1 heterocycles. The largest absolute Gasteiger partial charge is 0.355 e. The fourth-order valence-electron chi connectivity index (χ4n) is 4.29. The minimum Gasteiger partial charge on any atom is -0.355 e. The summed E-state index contributed by atoms with van der Waals surface area (Å²) in [5.41, 5.74) is 4.66. The highest BCUT2D eigenvalue weighted by Crippen LogP contribution is 2.42. The molecule has 3 aromatic rings. The van der Waals surface area contributed by atoms with Gasteiger partial charge >= 0.3 is 0 Å². The van der Waals surface area contributed by atoms with E-state index in [9.17, 15) is 4.79 Å². The summed E-state index contributed by atoms with van der Waals surface area (Å²) >= 11 is 7.84. The molecular weight excluding hydrogens is 474 g/mol. The van der Waals surface area contributed by atoms with Gasteiger partial charge in [-0.05, 0) is 42.8 Å². The molecule has 4 nitrogen and oxygen atoms in total. The van der Waals surface area contributed by atoms with Crippen molar-refractivity contribution in [1.82, 2.24) is 5.32 Å². The topological polar surface area (TPSA) is 45.6 Å². The summed E-state index contributed by atoms with van der Waals surface area (Å²) in [6.45, 7) is 10.3. The second-order valence-electron chi connectivity index (χ2n) is 8.93. The number of hydrogen-bond donors (Lipinski definition) is 3. The molecule has 0 fully saturated rings. The van der Waals surface area contributed by atoms with Gasteiger partial charge in [-0.2, -0.15) is 0 Å². The van der Waals surface area contributed by atoms with E-state index in [1.54, 1.807) is 16.7 Å². The Balaban J connectivity index is 1.33. The zero-order valence-electron chi connectivity index (χ0n) is 20.2. The van der Waals surface area contributed by atoms with Gasteiger partial charge in [-0.1, -0.05) is 73.6 Å². The molecule has 0 radical (unpaired) electrons. The number of rotatable bonds is 10. The molecule has 1 unspecified atom stereocenters. The molecule has 0 saturated carbocycles. The summed E-state index contributed by atoms with van der Waals surface area (Å²) in [6, 6.07) is 22.3. The Morgan fingerprint density at radius 2 is 1.80 bits per heavy atom. The second kappa shape index (κ2) is 12.3. The van der Waals surface area contributed by atoms with Crippen molar-refractivity contribution in [2.45, 2.75) is 42.5 Å². The lowest BCUT2D eigenvalue weighted by Crippen LogP contribution is -3.10. The Morgan fingerprint density at radius 3 is 2.60 bits per heavy atom. The standard InChI is InChI=1S/C29H32ClN3OS/c1-3-4-16-33(20-22-9-6-5-7-10-22)17-8-15-31-29(34)23-11-13-28-26(18-23)32-21(2)25-19-24(30)12-14-27(25)35-28/h5-7,9-14,18-19,32H,2-4,8,15-17,20H2,1H3,(H,31,34)/p+1. The number of carbonyl (C=O) groups is 1. The van der Waals surface area contributed by atoms with Gasteiger partial charge in [-0.25, -0.2) is 0 Å². The average molecular weight is 507 g/mol. The molecule has 0 aliphatic carbocycles. The minimum atomic E-state index is -0.0480. The Labute approximate surface area is 217 Å². The van der Waals surface area contributed by atoms with Crippen LogP contribution >= 0.6 is 23.4 Å². The lowest BCUT2D eigenvalue weighted by atomic mass is 10.1. The SMILES string of the molecule is C=C1Nc2cc(C(=O)NCCC[NH+](CCCC)Cc3ccccc3)ccc2Sc2ccc(Cl)cc21. The maximum Gasteiger partial charge on any atom is 0.251 e. The van der Waals surface area contributed by atoms with Gasteiger partial charge < -0.3 is 15.5 Å². The van der Waals surface area contributed by atoms with Gasteiger partial charge in [0.25, 0.3) is 5.91 Å². The Morgan fingerprint density at radius 1 is 1.03 bits per heavy atom. The number of fused-ring (bicyclic) bond motifs is 2. The number of benzene rings is 3. The molecule has 0 bridgehead atoms. The van der Waals surface area contributed by atoms with Crippen molar-refractivity contribution in [2.75, 3.05) is 25.0 Å². The number of anilines is 1. The third kappa shape index (κ3) is 6.91. The molecule has 3 N–H and O–H groups in total. The van der Waals surface area contributed by atoms with E-state index in [0.717, 1.165) is 52.8 Å². The smallest absolute Gasteiger partial charge is 0.251 e. The Hall–Kier alpha value is -2.73. The average Bonchev–Trinajstić information content (AvgIpc) is 3.00. The predicted octanol–water partition coefficient (Wildman–Crippen LogP) is 5.89. The van der Waals surface area contributed by atoms with Crippen molar-refractivity contribution in [2.24, 2.45) is 0 Å². The lowest BCUT2D eigenvalue weighted by molar-refractivity contribution is -0.914. The van der Waals surface area contributed by atoms with Crippen LogP contribution in [-0.4, -0.2) is 25.5 Å². The number of unbranched alkanes of at least 4 members (excludes halogenated alkanes) is 1. The van der Waals surface area contributed by atoms with E-state index in [1.807, 2.05) is 36.4 Å². The van der Waals surface area contributed by atoms with Crippen molar-refractivity contribution in [1.29, 1.82) is 0 Å². The van der Waals surface area contributed by atoms with Gasteiger partial charge in [0.1, 0.15) is 6.54 Å². The summed E-state index contributed by atoms with van der Waals surface area (Å²) in [5, 5.41) is 7.15. The van der Waals surface area contributed by atoms with Crippen molar-refractivity contribution < 1.29 is 9.69 Å². The zero-order valence-corrected chi connectivity index (χ0v) is 21.8. The summed E-state index contributed by atoms with van der Waals surface area (Å²) in [5.74, 6) is -0.0480. The molecule has 6 heteroatoms. The van der Waals surface area contributed by atoms with Crippen molar-refractivity contribution in [3.63, 3.8) is 0 Å². The monoisotopic (exact) mass is 506 g/mol. The van der Waals surface area contributed by atoms with Crippen LogP contribution in [0.4, 0.5) is 5.69 Å². The maximum atomic E-state index is 12.9. The molecule has 4 rings (SSSR count). The molecule has 182 valence electrons. The van der Waals surface area contributed by atoms with E-state index in [4.69, 9.17) is 11.6 Å². The fourth-order valence-corrected chi connectivity index (χ4v) is 5.48. The highest BCUT2D eigenvalue weighted by atomic mass is 35.5. The zero-order chi connectivity index (χ0) is 24.6. The summed E-state index contributed by atoms with van der Waals surface area (Å²) in [4.78, 5) is 16.6. The van der Waals surface area contributed by atoms with E-state index in [1.165, 1.54) is 18.4 Å². The van der Waals surface area contributed by atoms with Gasteiger partial charge in [0.15, 0.2) is 0 Å². The van der Waals surface area contributed by atoms with Gasteiger partial charge in [-0.3, -0.25) is 4.79 Å². The molecule has 1 aliphatic rings. The van der Waals surface area contributed by atoms with E-state index < -0.39 is 0 Å².